The van der Waals surface area contributed by atoms with Gasteiger partial charge >= 0.3 is 6.03 Å². The minimum absolute atomic E-state index is 0.0532. The predicted octanol–water partition coefficient (Wildman–Crippen LogP) is 3.73. The lowest BCUT2D eigenvalue weighted by molar-refractivity contribution is -0.111. The maximum atomic E-state index is 12.6. The van der Waals surface area contributed by atoms with Crippen molar-refractivity contribution in [2.24, 2.45) is 10.1 Å². The molecular formula is C22H18ClN5O4S. The zero-order chi connectivity index (χ0) is 23.8. The van der Waals surface area contributed by atoms with Gasteiger partial charge in [-0.2, -0.15) is 0 Å². The molecule has 0 saturated heterocycles. The monoisotopic (exact) mass is 483 g/mol. The highest BCUT2D eigenvalue weighted by Gasteiger charge is 2.31. The molecule has 9 nitrogen and oxygen atoms in total. The fraction of sp³-hybridized carbons (Fsp3) is 0.0455. The van der Waals surface area contributed by atoms with E-state index in [0.717, 1.165) is 5.69 Å². The molecule has 4 N–H and O–H groups in total. The molecule has 0 bridgehead atoms. The summed E-state index contributed by atoms with van der Waals surface area (Å²) >= 11 is 6.08. The second-order valence-electron chi connectivity index (χ2n) is 7.18. The number of anilines is 3. The summed E-state index contributed by atoms with van der Waals surface area (Å²) in [7, 11) is -2.13. The number of amides is 3. The molecular weight excluding hydrogens is 466 g/mol. The van der Waals surface area contributed by atoms with Gasteiger partial charge in [-0.15, -0.1) is 0 Å². The van der Waals surface area contributed by atoms with Crippen LogP contribution < -0.4 is 20.7 Å². The summed E-state index contributed by atoms with van der Waals surface area (Å²) in [6.45, 7) is 0. The number of halogens is 1. The Balaban J connectivity index is 1.45. The van der Waals surface area contributed by atoms with Gasteiger partial charge in [0.25, 0.3) is 5.91 Å². The Morgan fingerprint density at radius 1 is 0.970 bits per heavy atom. The second kappa shape index (κ2) is 8.66. The number of likely N-dealkylation sites (N-methyl/N-ethyl adjacent to an activating group) is 1. The highest BCUT2D eigenvalue weighted by molar-refractivity contribution is 7.89. The minimum atomic E-state index is -3.80. The number of nitrogens with one attached hydrogen (secondary N) is 2. The molecule has 11 heteroatoms. The van der Waals surface area contributed by atoms with Crippen LogP contribution in [0.4, 0.5) is 27.5 Å². The van der Waals surface area contributed by atoms with E-state index in [4.69, 9.17) is 16.7 Å². The summed E-state index contributed by atoms with van der Waals surface area (Å²) < 4.78 is 22.6. The van der Waals surface area contributed by atoms with Gasteiger partial charge in [-0.1, -0.05) is 11.6 Å². The first-order chi connectivity index (χ1) is 15.6. The van der Waals surface area contributed by atoms with Gasteiger partial charge in [-0.05, 0) is 66.7 Å². The number of carbonyl (C=O) groups excluding carboxylic acids is 2. The average molecular weight is 484 g/mol. The second-order valence-corrected chi connectivity index (χ2v) is 9.18. The summed E-state index contributed by atoms with van der Waals surface area (Å²) in [6, 6.07) is 16.7. The molecule has 1 heterocycles. The molecule has 0 unspecified atom stereocenters. The molecule has 168 valence electrons. The van der Waals surface area contributed by atoms with Crippen LogP contribution in [0.15, 0.2) is 76.6 Å². The number of fused-ring (bicyclic) bond motifs is 1. The molecule has 1 aliphatic heterocycles. The van der Waals surface area contributed by atoms with Crippen LogP contribution in [0.3, 0.4) is 0 Å². The van der Waals surface area contributed by atoms with Crippen LogP contribution in [0, 0.1) is 0 Å². The van der Waals surface area contributed by atoms with Crippen LogP contribution in [0.2, 0.25) is 5.02 Å². The van der Waals surface area contributed by atoms with E-state index in [1.807, 2.05) is 0 Å². The third kappa shape index (κ3) is 4.87. The van der Waals surface area contributed by atoms with Crippen LogP contribution in [-0.2, 0) is 14.8 Å². The van der Waals surface area contributed by atoms with Crippen molar-refractivity contribution in [3.63, 3.8) is 0 Å². The largest absolute Gasteiger partial charge is 0.323 e. The number of benzene rings is 3. The lowest BCUT2D eigenvalue weighted by Crippen LogP contribution is -2.25. The fourth-order valence-corrected chi connectivity index (χ4v) is 3.94. The van der Waals surface area contributed by atoms with E-state index < -0.39 is 16.1 Å². The number of rotatable bonds is 4. The number of urea groups is 1. The highest BCUT2D eigenvalue weighted by atomic mass is 35.5. The first-order valence-electron chi connectivity index (χ1n) is 9.59. The molecule has 0 fully saturated rings. The van der Waals surface area contributed by atoms with Gasteiger partial charge in [-0.3, -0.25) is 4.79 Å². The average Bonchev–Trinajstić information content (AvgIpc) is 2.99. The van der Waals surface area contributed by atoms with E-state index in [2.05, 4.69) is 15.6 Å². The topological polar surface area (TPSA) is 134 Å². The van der Waals surface area contributed by atoms with Crippen LogP contribution in [-0.4, -0.2) is 33.1 Å². The number of aliphatic imine (C=N–C) groups is 1. The lowest BCUT2D eigenvalue weighted by atomic mass is 10.1. The first-order valence-corrected chi connectivity index (χ1v) is 11.5. The van der Waals surface area contributed by atoms with Crippen molar-refractivity contribution >= 4 is 62.0 Å². The van der Waals surface area contributed by atoms with Gasteiger partial charge in [0.1, 0.15) is 5.71 Å². The number of sulfonamides is 1. The minimum Gasteiger partial charge on any atom is -0.309 e. The molecule has 0 spiro atoms. The van der Waals surface area contributed by atoms with Crippen molar-refractivity contribution in [2.45, 2.75) is 4.90 Å². The zero-order valence-electron chi connectivity index (χ0n) is 17.2. The van der Waals surface area contributed by atoms with Crippen LogP contribution in [0.5, 0.6) is 0 Å². The van der Waals surface area contributed by atoms with Crippen molar-refractivity contribution in [1.82, 2.24) is 0 Å². The van der Waals surface area contributed by atoms with Gasteiger partial charge in [0.15, 0.2) is 0 Å². The number of nitrogens with two attached hydrogens (primary N) is 1. The third-order valence-corrected chi connectivity index (χ3v) is 6.05. The van der Waals surface area contributed by atoms with Crippen LogP contribution in [0.1, 0.15) is 5.56 Å². The van der Waals surface area contributed by atoms with Crippen molar-refractivity contribution in [3.8, 4) is 0 Å². The quantitative estimate of drug-likeness (QED) is 0.521. The molecule has 33 heavy (non-hydrogen) atoms. The number of hydrogen-bond acceptors (Lipinski definition) is 5. The Morgan fingerprint density at radius 2 is 1.55 bits per heavy atom. The van der Waals surface area contributed by atoms with E-state index in [9.17, 15) is 18.0 Å². The Bertz CT molecular complexity index is 1390. The molecule has 3 amide bonds. The molecule has 0 aromatic heterocycles. The van der Waals surface area contributed by atoms with E-state index in [1.54, 1.807) is 49.5 Å². The SMILES string of the molecule is CN1C(=O)C(=Nc2ccc(NC(=O)Nc3ccc(S(N)(=O)=O)cc3)cc2)c2cc(Cl)ccc21. The smallest absolute Gasteiger partial charge is 0.309 e. The summed E-state index contributed by atoms with van der Waals surface area (Å²) in [5, 5.41) is 10.8. The normalized spacial score (nSPS) is 14.3. The van der Waals surface area contributed by atoms with Crippen LogP contribution >= 0.6 is 11.6 Å². The number of nitrogens with zero attached hydrogens (tertiary/aromatic N) is 2. The zero-order valence-corrected chi connectivity index (χ0v) is 18.8. The maximum absolute atomic E-state index is 12.6. The van der Waals surface area contributed by atoms with Crippen molar-refractivity contribution in [1.29, 1.82) is 0 Å². The van der Waals surface area contributed by atoms with Crippen molar-refractivity contribution in [3.05, 3.63) is 77.3 Å². The molecule has 0 aliphatic carbocycles. The van der Waals surface area contributed by atoms with E-state index in [1.165, 1.54) is 29.2 Å². The van der Waals surface area contributed by atoms with E-state index in [-0.39, 0.29) is 16.5 Å². The summed E-state index contributed by atoms with van der Waals surface area (Å²) in [4.78, 5) is 30.7. The fourth-order valence-electron chi connectivity index (χ4n) is 3.25. The van der Waals surface area contributed by atoms with Gasteiger partial charge in [0.05, 0.1) is 16.3 Å². The highest BCUT2D eigenvalue weighted by Crippen LogP contribution is 2.32. The Morgan fingerprint density at radius 3 is 2.12 bits per heavy atom. The third-order valence-electron chi connectivity index (χ3n) is 4.89. The van der Waals surface area contributed by atoms with Crippen molar-refractivity contribution in [2.75, 3.05) is 22.6 Å². The van der Waals surface area contributed by atoms with Gasteiger partial charge in [0, 0.05) is 29.0 Å². The van der Waals surface area contributed by atoms with Gasteiger partial charge in [-0.25, -0.2) is 23.3 Å². The lowest BCUT2D eigenvalue weighted by Gasteiger charge is -2.08. The van der Waals surface area contributed by atoms with Gasteiger partial charge < -0.3 is 15.5 Å². The standard InChI is InChI=1S/C22H18ClN5O4S/c1-28-19-11-2-13(23)12-18(19)20(21(28)29)25-14-3-5-15(6-4-14)26-22(30)27-16-7-9-17(10-8-16)33(24,31)32/h2-12H,1H3,(H2,24,31,32)(H2,26,27,30). The van der Waals surface area contributed by atoms with Crippen molar-refractivity contribution < 1.29 is 18.0 Å². The Hall–Kier alpha value is -3.73. The number of carbonyl (C=O) groups is 2. The van der Waals surface area contributed by atoms with E-state index in [0.29, 0.717) is 27.6 Å². The van der Waals surface area contributed by atoms with Crippen LogP contribution in [0.25, 0.3) is 0 Å². The molecule has 0 radical (unpaired) electrons. The predicted molar refractivity (Wildman–Crippen MR) is 128 cm³/mol. The number of hydrogen-bond donors (Lipinski definition) is 3. The first kappa shape index (κ1) is 22.5. The molecule has 0 saturated carbocycles. The molecule has 4 rings (SSSR count). The summed E-state index contributed by atoms with van der Waals surface area (Å²) in [6.07, 6.45) is 0. The van der Waals surface area contributed by atoms with E-state index >= 15 is 0 Å². The Labute approximate surface area is 194 Å². The molecule has 1 aliphatic rings. The summed E-state index contributed by atoms with van der Waals surface area (Å²) in [5.74, 6) is -0.234. The molecule has 0 atom stereocenters. The van der Waals surface area contributed by atoms with Gasteiger partial charge in [0.2, 0.25) is 10.0 Å². The Kier molecular flexibility index (Phi) is 5.90. The molecule has 3 aromatic carbocycles. The molecule has 3 aromatic rings. The maximum Gasteiger partial charge on any atom is 0.323 e. The number of primary sulfonamides is 1. The summed E-state index contributed by atoms with van der Waals surface area (Å²) in [5.41, 5.74) is 3.10.